The van der Waals surface area contributed by atoms with Crippen molar-refractivity contribution < 1.29 is 32.6 Å². The van der Waals surface area contributed by atoms with Gasteiger partial charge in [-0.1, -0.05) is 0 Å². The Morgan fingerprint density at radius 3 is 2.33 bits per heavy atom. The summed E-state index contributed by atoms with van der Waals surface area (Å²) >= 11 is 0. The fourth-order valence-electron chi connectivity index (χ4n) is 1.60. The zero-order chi connectivity index (χ0) is 13.8. The lowest BCUT2D eigenvalue weighted by molar-refractivity contribution is -0.174. The van der Waals surface area contributed by atoms with Crippen molar-refractivity contribution in [3.05, 3.63) is 0 Å². The van der Waals surface area contributed by atoms with Crippen molar-refractivity contribution in [2.75, 3.05) is 13.2 Å². The molecule has 0 unspecified atom stereocenters. The van der Waals surface area contributed by atoms with E-state index < -0.39 is 30.2 Å². The number of ether oxygens (including phenoxy) is 1. The second-order valence-corrected chi connectivity index (χ2v) is 4.21. The monoisotopic (exact) mass is 269 g/mol. The molecule has 1 aliphatic rings. The lowest BCUT2D eigenvalue weighted by Gasteiger charge is -2.38. The van der Waals surface area contributed by atoms with Crippen molar-refractivity contribution in [3.8, 4) is 0 Å². The quantitative estimate of drug-likeness (QED) is 0.707. The lowest BCUT2D eigenvalue weighted by Crippen LogP contribution is -2.59. The van der Waals surface area contributed by atoms with E-state index in [2.05, 4.69) is 10.1 Å². The molecule has 5 nitrogen and oxygen atoms in total. The highest BCUT2D eigenvalue weighted by Crippen LogP contribution is 2.32. The average Bonchev–Trinajstić information content (AvgIpc) is 2.16. The molecule has 104 valence electrons. The van der Waals surface area contributed by atoms with E-state index >= 15 is 0 Å². The van der Waals surface area contributed by atoms with E-state index in [0.29, 0.717) is 19.3 Å². The highest BCUT2D eigenvalue weighted by Gasteiger charge is 2.45. The summed E-state index contributed by atoms with van der Waals surface area (Å²) in [4.78, 5) is 22.3. The van der Waals surface area contributed by atoms with Crippen LogP contribution in [0.2, 0.25) is 0 Å². The maximum absolute atomic E-state index is 11.7. The van der Waals surface area contributed by atoms with Crippen LogP contribution in [0.25, 0.3) is 0 Å². The molecule has 0 saturated heterocycles. The van der Waals surface area contributed by atoms with Gasteiger partial charge in [-0.2, -0.15) is 13.2 Å². The van der Waals surface area contributed by atoms with Crippen LogP contribution in [0.4, 0.5) is 13.2 Å². The van der Waals surface area contributed by atoms with E-state index in [1.807, 2.05) is 0 Å². The third kappa shape index (κ3) is 4.17. The van der Waals surface area contributed by atoms with Crippen molar-refractivity contribution in [2.45, 2.75) is 37.4 Å². The Bertz CT molecular complexity index is 326. The van der Waals surface area contributed by atoms with Crippen LogP contribution < -0.4 is 5.32 Å². The molecule has 1 saturated carbocycles. The van der Waals surface area contributed by atoms with Gasteiger partial charge in [-0.15, -0.1) is 0 Å². The van der Waals surface area contributed by atoms with Crippen LogP contribution in [0.3, 0.4) is 0 Å². The number of hydrogen-bond acceptors (Lipinski definition) is 3. The molecule has 0 atom stereocenters. The van der Waals surface area contributed by atoms with E-state index in [0.717, 1.165) is 0 Å². The molecule has 0 aromatic carbocycles. The first-order valence-corrected chi connectivity index (χ1v) is 5.44. The van der Waals surface area contributed by atoms with Gasteiger partial charge in [0, 0.05) is 6.42 Å². The van der Waals surface area contributed by atoms with E-state index in [-0.39, 0.29) is 13.0 Å². The molecule has 2 N–H and O–H groups in total. The molecule has 8 heteroatoms. The molecular weight excluding hydrogens is 255 g/mol. The minimum absolute atomic E-state index is 0.287. The Hall–Kier alpha value is -1.31. The second-order valence-electron chi connectivity index (χ2n) is 4.21. The van der Waals surface area contributed by atoms with Crippen LogP contribution >= 0.6 is 0 Å². The number of amides is 1. The van der Waals surface area contributed by atoms with E-state index in [1.54, 1.807) is 0 Å². The molecule has 0 heterocycles. The number of carbonyl (C=O) groups excluding carboxylic acids is 1. The van der Waals surface area contributed by atoms with Crippen LogP contribution in [-0.2, 0) is 14.3 Å². The summed E-state index contributed by atoms with van der Waals surface area (Å²) in [6.07, 6.45) is -3.32. The molecule has 0 radical (unpaired) electrons. The summed E-state index contributed by atoms with van der Waals surface area (Å²) in [5.41, 5.74) is -1.24. The Labute approximate surface area is 101 Å². The maximum Gasteiger partial charge on any atom is 0.411 e. The molecule has 1 rings (SSSR count). The Kier molecular flexibility index (Phi) is 4.55. The van der Waals surface area contributed by atoms with Crippen LogP contribution in [0, 0.1) is 0 Å². The lowest BCUT2D eigenvalue weighted by atomic mass is 9.76. The Morgan fingerprint density at radius 1 is 1.33 bits per heavy atom. The van der Waals surface area contributed by atoms with Crippen molar-refractivity contribution in [2.24, 2.45) is 0 Å². The van der Waals surface area contributed by atoms with E-state index in [4.69, 9.17) is 5.11 Å². The third-order valence-corrected chi connectivity index (χ3v) is 2.73. The molecular formula is C10H14F3NO4. The van der Waals surface area contributed by atoms with Gasteiger partial charge in [0.2, 0.25) is 5.91 Å². The molecule has 1 aliphatic carbocycles. The van der Waals surface area contributed by atoms with Gasteiger partial charge in [0.25, 0.3) is 0 Å². The molecule has 0 bridgehead atoms. The summed E-state index contributed by atoms with van der Waals surface area (Å²) in [6.45, 7) is -1.80. The predicted octanol–water partition coefficient (Wildman–Crippen LogP) is 1.08. The molecule has 1 fully saturated rings. The number of carboxylic acids is 1. The molecule has 18 heavy (non-hydrogen) atoms. The van der Waals surface area contributed by atoms with Gasteiger partial charge in [-0.25, -0.2) is 4.79 Å². The van der Waals surface area contributed by atoms with E-state index in [9.17, 15) is 22.8 Å². The largest absolute Gasteiger partial charge is 0.480 e. The molecule has 0 aromatic rings. The first-order chi connectivity index (χ1) is 8.25. The van der Waals surface area contributed by atoms with Crippen molar-refractivity contribution >= 4 is 11.9 Å². The van der Waals surface area contributed by atoms with Crippen LogP contribution in [0.15, 0.2) is 0 Å². The number of carboxylic acid groups (broad SMARTS) is 1. The van der Waals surface area contributed by atoms with Crippen LogP contribution in [-0.4, -0.2) is 41.9 Å². The maximum atomic E-state index is 11.7. The fraction of sp³-hybridized carbons (Fsp3) is 0.800. The van der Waals surface area contributed by atoms with Gasteiger partial charge < -0.3 is 15.2 Å². The highest BCUT2D eigenvalue weighted by atomic mass is 19.4. The Balaban J connectivity index is 2.24. The van der Waals surface area contributed by atoms with Gasteiger partial charge in [0.15, 0.2) is 0 Å². The predicted molar refractivity (Wildman–Crippen MR) is 53.9 cm³/mol. The number of halogens is 3. The van der Waals surface area contributed by atoms with E-state index in [1.165, 1.54) is 0 Å². The third-order valence-electron chi connectivity index (χ3n) is 2.73. The summed E-state index contributed by atoms with van der Waals surface area (Å²) in [6, 6.07) is 0. The standard InChI is InChI=1S/C10H14F3NO4/c11-10(12,13)6-18-5-2-7(15)14-9(8(16)17)3-1-4-9/h1-6H2,(H,14,15)(H,16,17). The fourth-order valence-corrected chi connectivity index (χ4v) is 1.60. The summed E-state index contributed by atoms with van der Waals surface area (Å²) < 4.78 is 39.4. The minimum atomic E-state index is -4.42. The zero-order valence-electron chi connectivity index (χ0n) is 9.55. The summed E-state index contributed by atoms with van der Waals surface area (Å²) in [7, 11) is 0. The Morgan fingerprint density at radius 2 is 1.94 bits per heavy atom. The average molecular weight is 269 g/mol. The molecule has 1 amide bonds. The van der Waals surface area contributed by atoms with Gasteiger partial charge in [-0.05, 0) is 19.3 Å². The highest BCUT2D eigenvalue weighted by molar-refractivity contribution is 5.87. The summed E-state index contributed by atoms with van der Waals surface area (Å²) in [5, 5.41) is 11.2. The van der Waals surface area contributed by atoms with Gasteiger partial charge in [0.1, 0.15) is 12.1 Å². The van der Waals surface area contributed by atoms with Gasteiger partial charge in [0.05, 0.1) is 6.61 Å². The van der Waals surface area contributed by atoms with Crippen molar-refractivity contribution in [1.29, 1.82) is 0 Å². The number of carbonyl (C=O) groups is 2. The summed E-state index contributed by atoms with van der Waals surface area (Å²) in [5.74, 6) is -1.72. The molecule has 0 aromatic heterocycles. The number of aliphatic carboxylic acids is 1. The molecule has 0 spiro atoms. The van der Waals surface area contributed by atoms with Crippen LogP contribution in [0.5, 0.6) is 0 Å². The minimum Gasteiger partial charge on any atom is -0.480 e. The van der Waals surface area contributed by atoms with Crippen LogP contribution in [0.1, 0.15) is 25.7 Å². The van der Waals surface area contributed by atoms with Gasteiger partial charge >= 0.3 is 12.1 Å². The first-order valence-electron chi connectivity index (χ1n) is 5.44. The first kappa shape index (κ1) is 14.7. The number of hydrogen-bond donors (Lipinski definition) is 2. The number of nitrogens with one attached hydrogen (secondary N) is 1. The molecule has 0 aliphatic heterocycles. The number of rotatable bonds is 6. The SMILES string of the molecule is O=C(CCOCC(F)(F)F)NC1(C(=O)O)CCC1. The van der Waals surface area contributed by atoms with Crippen molar-refractivity contribution in [1.82, 2.24) is 5.32 Å². The van der Waals surface area contributed by atoms with Crippen molar-refractivity contribution in [3.63, 3.8) is 0 Å². The normalized spacial score (nSPS) is 17.9. The van der Waals surface area contributed by atoms with Gasteiger partial charge in [-0.3, -0.25) is 4.79 Å². The number of alkyl halides is 3. The smallest absolute Gasteiger partial charge is 0.411 e. The zero-order valence-corrected chi connectivity index (χ0v) is 9.55. The topological polar surface area (TPSA) is 75.6 Å². The second kappa shape index (κ2) is 5.55.